The molecule has 3 aromatic rings. The zero-order valence-corrected chi connectivity index (χ0v) is 12.2. The fraction of sp³-hybridized carbons (Fsp3) is 0.111. The lowest BCUT2D eigenvalue weighted by Crippen LogP contribution is -1.87. The van der Waals surface area contributed by atoms with Gasteiger partial charge in [-0.05, 0) is 23.8 Å². The van der Waals surface area contributed by atoms with Crippen LogP contribution >= 0.6 is 0 Å². The summed E-state index contributed by atoms with van der Waals surface area (Å²) in [5.41, 5.74) is 3.70. The number of fused-ring (bicyclic) bond motifs is 1. The SMILES string of the molecule is Cn1cc(C=NOCc2ccccc2)c2cc(C#N)ccc21. The predicted molar refractivity (Wildman–Crippen MR) is 86.5 cm³/mol. The van der Waals surface area contributed by atoms with Crippen molar-refractivity contribution < 1.29 is 4.84 Å². The smallest absolute Gasteiger partial charge is 0.142 e. The quantitative estimate of drug-likeness (QED) is 0.544. The lowest BCUT2D eigenvalue weighted by molar-refractivity contribution is 0.132. The van der Waals surface area contributed by atoms with Crippen molar-refractivity contribution in [2.75, 3.05) is 0 Å². The molecule has 2 aromatic carbocycles. The maximum atomic E-state index is 9.02. The number of oxime groups is 1. The molecule has 1 heterocycles. The normalized spacial score (nSPS) is 10.9. The number of hydrogen-bond donors (Lipinski definition) is 0. The van der Waals surface area contributed by atoms with E-state index < -0.39 is 0 Å². The summed E-state index contributed by atoms with van der Waals surface area (Å²) in [7, 11) is 1.97. The summed E-state index contributed by atoms with van der Waals surface area (Å²) in [5, 5.41) is 14.0. The molecule has 0 saturated carbocycles. The van der Waals surface area contributed by atoms with E-state index >= 15 is 0 Å². The molecule has 0 aliphatic carbocycles. The first-order valence-electron chi connectivity index (χ1n) is 6.96. The van der Waals surface area contributed by atoms with Crippen molar-refractivity contribution in [2.24, 2.45) is 12.2 Å². The first-order valence-corrected chi connectivity index (χ1v) is 6.96. The Morgan fingerprint density at radius 2 is 2.05 bits per heavy atom. The third kappa shape index (κ3) is 2.84. The van der Waals surface area contributed by atoms with E-state index in [0.29, 0.717) is 12.2 Å². The molecule has 0 N–H and O–H groups in total. The van der Waals surface area contributed by atoms with E-state index in [2.05, 4.69) is 11.2 Å². The maximum absolute atomic E-state index is 9.02. The standard InChI is InChI=1S/C18H15N3O/c1-21-12-16(17-9-15(10-19)7-8-18(17)21)11-20-22-13-14-5-3-2-4-6-14/h2-9,11-12H,13H2,1H3. The Morgan fingerprint density at radius 1 is 1.23 bits per heavy atom. The van der Waals surface area contributed by atoms with Gasteiger partial charge in [0.2, 0.25) is 0 Å². The first-order chi connectivity index (χ1) is 10.8. The Kier molecular flexibility index (Phi) is 3.88. The van der Waals surface area contributed by atoms with E-state index in [4.69, 9.17) is 10.1 Å². The molecule has 0 atom stereocenters. The highest BCUT2D eigenvalue weighted by molar-refractivity contribution is 5.99. The highest BCUT2D eigenvalue weighted by atomic mass is 16.6. The number of hydrogen-bond acceptors (Lipinski definition) is 3. The van der Waals surface area contributed by atoms with Gasteiger partial charge in [-0.2, -0.15) is 5.26 Å². The van der Waals surface area contributed by atoms with Gasteiger partial charge in [-0.1, -0.05) is 35.5 Å². The Hall–Kier alpha value is -3.06. The molecule has 3 rings (SSSR count). The van der Waals surface area contributed by atoms with Gasteiger partial charge < -0.3 is 9.40 Å². The monoisotopic (exact) mass is 289 g/mol. The molecule has 0 saturated heterocycles. The molecular weight excluding hydrogens is 274 g/mol. The fourth-order valence-corrected chi connectivity index (χ4v) is 2.38. The van der Waals surface area contributed by atoms with Crippen molar-refractivity contribution in [1.29, 1.82) is 5.26 Å². The van der Waals surface area contributed by atoms with E-state index in [-0.39, 0.29) is 0 Å². The second-order valence-electron chi connectivity index (χ2n) is 5.03. The zero-order chi connectivity index (χ0) is 15.4. The number of aryl methyl sites for hydroxylation is 1. The van der Waals surface area contributed by atoms with Crippen LogP contribution in [0, 0.1) is 11.3 Å². The van der Waals surface area contributed by atoms with E-state index in [1.807, 2.05) is 66.3 Å². The average Bonchev–Trinajstić information content (AvgIpc) is 2.88. The summed E-state index contributed by atoms with van der Waals surface area (Å²) in [4.78, 5) is 5.33. The Morgan fingerprint density at radius 3 is 2.82 bits per heavy atom. The second kappa shape index (κ2) is 6.15. The number of nitriles is 1. The highest BCUT2D eigenvalue weighted by Gasteiger charge is 2.05. The molecule has 0 aliphatic heterocycles. The Bertz CT molecular complexity index is 857. The number of rotatable bonds is 4. The van der Waals surface area contributed by atoms with Crippen LogP contribution in [0.2, 0.25) is 0 Å². The second-order valence-corrected chi connectivity index (χ2v) is 5.03. The van der Waals surface area contributed by atoms with Crippen LogP contribution in [-0.4, -0.2) is 10.8 Å². The van der Waals surface area contributed by atoms with Gasteiger partial charge >= 0.3 is 0 Å². The predicted octanol–water partition coefficient (Wildman–Crippen LogP) is 3.60. The summed E-state index contributed by atoms with van der Waals surface area (Å²) >= 11 is 0. The van der Waals surface area contributed by atoms with Gasteiger partial charge in [-0.25, -0.2) is 0 Å². The third-order valence-electron chi connectivity index (χ3n) is 3.49. The van der Waals surface area contributed by atoms with Gasteiger partial charge in [0.25, 0.3) is 0 Å². The maximum Gasteiger partial charge on any atom is 0.142 e. The Labute approximate surface area is 128 Å². The minimum atomic E-state index is 0.436. The number of aromatic nitrogens is 1. The molecule has 0 spiro atoms. The van der Waals surface area contributed by atoms with Crippen molar-refractivity contribution in [3.05, 3.63) is 71.4 Å². The largest absolute Gasteiger partial charge is 0.391 e. The van der Waals surface area contributed by atoms with Crippen LogP contribution in [0.15, 0.2) is 59.9 Å². The first kappa shape index (κ1) is 13.9. The molecule has 0 aliphatic rings. The van der Waals surface area contributed by atoms with Crippen LogP contribution in [0.25, 0.3) is 10.9 Å². The van der Waals surface area contributed by atoms with E-state index in [0.717, 1.165) is 22.0 Å². The van der Waals surface area contributed by atoms with E-state index in [1.165, 1.54) is 0 Å². The van der Waals surface area contributed by atoms with Crippen molar-refractivity contribution >= 4 is 17.1 Å². The lowest BCUT2D eigenvalue weighted by Gasteiger charge is -1.98. The highest BCUT2D eigenvalue weighted by Crippen LogP contribution is 2.20. The van der Waals surface area contributed by atoms with Gasteiger partial charge in [0.1, 0.15) is 6.61 Å². The minimum Gasteiger partial charge on any atom is -0.391 e. The summed E-state index contributed by atoms with van der Waals surface area (Å²) in [6.07, 6.45) is 3.66. The molecule has 4 nitrogen and oxygen atoms in total. The number of nitrogens with zero attached hydrogens (tertiary/aromatic N) is 3. The molecule has 0 fully saturated rings. The minimum absolute atomic E-state index is 0.436. The van der Waals surface area contributed by atoms with E-state index in [9.17, 15) is 0 Å². The molecule has 0 bridgehead atoms. The molecule has 108 valence electrons. The van der Waals surface area contributed by atoms with Crippen LogP contribution in [0.4, 0.5) is 0 Å². The molecule has 1 aromatic heterocycles. The zero-order valence-electron chi connectivity index (χ0n) is 12.2. The van der Waals surface area contributed by atoms with Crippen LogP contribution in [0.5, 0.6) is 0 Å². The van der Waals surface area contributed by atoms with Crippen molar-refractivity contribution in [3.8, 4) is 6.07 Å². The average molecular weight is 289 g/mol. The van der Waals surface area contributed by atoms with Crippen LogP contribution in [-0.2, 0) is 18.5 Å². The van der Waals surface area contributed by atoms with Gasteiger partial charge in [-0.15, -0.1) is 0 Å². The van der Waals surface area contributed by atoms with Crippen LogP contribution in [0.1, 0.15) is 16.7 Å². The fourth-order valence-electron chi connectivity index (χ4n) is 2.38. The van der Waals surface area contributed by atoms with Gasteiger partial charge in [0.15, 0.2) is 0 Å². The molecule has 0 unspecified atom stereocenters. The topological polar surface area (TPSA) is 50.3 Å². The molecule has 22 heavy (non-hydrogen) atoms. The van der Waals surface area contributed by atoms with Gasteiger partial charge in [0.05, 0.1) is 17.8 Å². The van der Waals surface area contributed by atoms with Crippen LogP contribution < -0.4 is 0 Å². The molecule has 0 amide bonds. The van der Waals surface area contributed by atoms with Crippen molar-refractivity contribution in [1.82, 2.24) is 4.57 Å². The van der Waals surface area contributed by atoms with Crippen LogP contribution in [0.3, 0.4) is 0 Å². The van der Waals surface area contributed by atoms with Crippen molar-refractivity contribution in [2.45, 2.75) is 6.61 Å². The lowest BCUT2D eigenvalue weighted by atomic mass is 10.1. The number of benzene rings is 2. The van der Waals surface area contributed by atoms with Crippen molar-refractivity contribution in [3.63, 3.8) is 0 Å². The summed E-state index contributed by atoms with van der Waals surface area (Å²) < 4.78 is 2.01. The molecular formula is C18H15N3O. The summed E-state index contributed by atoms with van der Waals surface area (Å²) in [6.45, 7) is 0.436. The van der Waals surface area contributed by atoms with E-state index in [1.54, 1.807) is 6.21 Å². The third-order valence-corrected chi connectivity index (χ3v) is 3.49. The Balaban J connectivity index is 1.78. The molecule has 0 radical (unpaired) electrons. The summed E-state index contributed by atoms with van der Waals surface area (Å²) in [5.74, 6) is 0. The van der Waals surface area contributed by atoms with Gasteiger partial charge in [0, 0.05) is 29.7 Å². The molecule has 4 heteroatoms. The van der Waals surface area contributed by atoms with Gasteiger partial charge in [-0.3, -0.25) is 0 Å². The summed E-state index contributed by atoms with van der Waals surface area (Å²) in [6, 6.07) is 17.7.